The van der Waals surface area contributed by atoms with Crippen molar-refractivity contribution in [3.05, 3.63) is 23.2 Å². The van der Waals surface area contributed by atoms with Crippen molar-refractivity contribution >= 4 is 11.6 Å². The van der Waals surface area contributed by atoms with E-state index in [0.717, 1.165) is 6.42 Å². The summed E-state index contributed by atoms with van der Waals surface area (Å²) in [5.74, 6) is 0.0433. The number of fused-ring (bicyclic) bond motifs is 6. The van der Waals surface area contributed by atoms with Gasteiger partial charge in [0.25, 0.3) is 0 Å². The van der Waals surface area contributed by atoms with E-state index >= 15 is 4.39 Å². The zero-order valence-electron chi connectivity index (χ0n) is 16.5. The van der Waals surface area contributed by atoms with Crippen LogP contribution in [0.15, 0.2) is 23.2 Å². The number of Topliss-reactive ketones (excluding diaryl/α,β-unsaturated/α-hetero) is 1. The lowest BCUT2D eigenvalue weighted by Crippen LogP contribution is -2.60. The number of aliphatic hydroxyl groups excluding tert-OH is 1. The predicted molar refractivity (Wildman–Crippen MR) is 97.5 cm³/mol. The Bertz CT molecular complexity index is 861. The van der Waals surface area contributed by atoms with Crippen LogP contribution < -0.4 is 0 Å². The zero-order chi connectivity index (χ0) is 20.2. The summed E-state index contributed by atoms with van der Waals surface area (Å²) in [5.41, 5.74) is -2.34. The molecule has 6 heteroatoms. The number of carbonyl (C=O) groups excluding carboxylic acids is 2. The van der Waals surface area contributed by atoms with Gasteiger partial charge in [-0.3, -0.25) is 9.59 Å². The lowest BCUT2D eigenvalue weighted by atomic mass is 9.46. The van der Waals surface area contributed by atoms with Crippen LogP contribution >= 0.6 is 0 Å². The highest BCUT2D eigenvalue weighted by Gasteiger charge is 2.71. The predicted octanol–water partition coefficient (Wildman–Crippen LogP) is 2.47. The minimum Gasteiger partial charge on any atom is -0.449 e. The average Bonchev–Trinajstić information content (AvgIpc) is 3.44. The Kier molecular flexibility index (Phi) is 3.52. The number of carbonyl (C=O) groups is 2. The molecule has 1 aliphatic heterocycles. The molecule has 5 rings (SSSR count). The highest BCUT2D eigenvalue weighted by atomic mass is 19.1. The van der Waals surface area contributed by atoms with E-state index < -0.39 is 35.0 Å². The van der Waals surface area contributed by atoms with E-state index in [2.05, 4.69) is 0 Å². The molecule has 0 radical (unpaired) electrons. The summed E-state index contributed by atoms with van der Waals surface area (Å²) in [6.07, 6.45) is 2.49. The van der Waals surface area contributed by atoms with Crippen molar-refractivity contribution in [3.63, 3.8) is 0 Å². The third kappa shape index (κ3) is 1.85. The second kappa shape index (κ2) is 5.33. The molecule has 0 bridgehead atoms. The topological polar surface area (TPSA) is 87.1 Å². The van der Waals surface area contributed by atoms with E-state index in [1.54, 1.807) is 0 Å². The van der Waals surface area contributed by atoms with Crippen molar-refractivity contribution in [1.82, 2.24) is 0 Å². The summed E-state index contributed by atoms with van der Waals surface area (Å²) in [4.78, 5) is 24.7. The van der Waals surface area contributed by atoms with Gasteiger partial charge in [0.1, 0.15) is 18.4 Å². The number of hydrogen-bond donors (Lipinski definition) is 2. The Morgan fingerprint density at radius 3 is 2.71 bits per heavy atom. The highest BCUT2D eigenvalue weighted by Crippen LogP contribution is 2.71. The van der Waals surface area contributed by atoms with Crippen LogP contribution in [-0.2, 0) is 14.3 Å². The quantitative estimate of drug-likeness (QED) is 0.756. The number of ether oxygens (including phenoxy) is 1. The van der Waals surface area contributed by atoms with E-state index in [-0.39, 0.29) is 29.5 Å². The van der Waals surface area contributed by atoms with Crippen molar-refractivity contribution in [2.24, 2.45) is 34.5 Å². The Hall–Kier alpha value is -1.53. The van der Waals surface area contributed by atoms with Gasteiger partial charge in [-0.05, 0) is 67.9 Å². The molecule has 152 valence electrons. The molecule has 28 heavy (non-hydrogen) atoms. The molecule has 3 fully saturated rings. The van der Waals surface area contributed by atoms with Gasteiger partial charge in [-0.25, -0.2) is 4.39 Å². The Balaban J connectivity index is 1.58. The largest absolute Gasteiger partial charge is 0.449 e. The number of alkyl halides is 1. The van der Waals surface area contributed by atoms with Crippen LogP contribution in [0.3, 0.4) is 0 Å². The Morgan fingerprint density at radius 2 is 2.04 bits per heavy atom. The van der Waals surface area contributed by atoms with Crippen LogP contribution in [0.4, 0.5) is 4.39 Å². The van der Waals surface area contributed by atoms with E-state index in [0.29, 0.717) is 36.4 Å². The number of aliphatic hydroxyl groups is 2. The molecule has 4 aliphatic carbocycles. The highest BCUT2D eigenvalue weighted by molar-refractivity contribution is 6.07. The van der Waals surface area contributed by atoms with Gasteiger partial charge in [-0.2, -0.15) is 0 Å². The molecular weight excluding hydrogens is 363 g/mol. The first-order valence-corrected chi connectivity index (χ1v) is 10.3. The molecule has 5 nitrogen and oxygen atoms in total. The average molecular weight is 390 g/mol. The van der Waals surface area contributed by atoms with Crippen LogP contribution in [0.1, 0.15) is 46.5 Å². The fraction of sp³-hybridized carbons (Fsp3) is 0.727. The fourth-order valence-corrected chi connectivity index (χ4v) is 7.62. The summed E-state index contributed by atoms with van der Waals surface area (Å²) in [6, 6.07) is 0. The smallest absolute Gasteiger partial charge is 0.224 e. The van der Waals surface area contributed by atoms with Crippen LogP contribution in [0.2, 0.25) is 0 Å². The first-order chi connectivity index (χ1) is 13.1. The molecule has 0 aromatic rings. The molecule has 8 atom stereocenters. The summed E-state index contributed by atoms with van der Waals surface area (Å²) in [7, 11) is 0. The van der Waals surface area contributed by atoms with Gasteiger partial charge >= 0.3 is 0 Å². The Morgan fingerprint density at radius 1 is 1.32 bits per heavy atom. The van der Waals surface area contributed by atoms with Gasteiger partial charge in [0.05, 0.1) is 5.41 Å². The molecule has 0 aromatic carbocycles. The molecule has 0 spiro atoms. The molecule has 5 aliphatic rings. The first-order valence-electron chi connectivity index (χ1n) is 10.3. The minimum absolute atomic E-state index is 0.00924. The van der Waals surface area contributed by atoms with Crippen molar-refractivity contribution in [1.29, 1.82) is 0 Å². The van der Waals surface area contributed by atoms with Gasteiger partial charge in [-0.15, -0.1) is 0 Å². The third-order valence-corrected chi connectivity index (χ3v) is 9.10. The summed E-state index contributed by atoms with van der Waals surface area (Å²) < 4.78 is 20.9. The number of hydrogen-bond acceptors (Lipinski definition) is 5. The van der Waals surface area contributed by atoms with Crippen LogP contribution in [0, 0.1) is 34.5 Å². The summed E-state index contributed by atoms with van der Waals surface area (Å²) >= 11 is 0. The van der Waals surface area contributed by atoms with E-state index in [1.807, 2.05) is 20.8 Å². The zero-order valence-corrected chi connectivity index (χ0v) is 16.5. The Labute approximate surface area is 163 Å². The maximum Gasteiger partial charge on any atom is 0.224 e. The van der Waals surface area contributed by atoms with Gasteiger partial charge in [0.15, 0.2) is 11.5 Å². The second-order valence-corrected chi connectivity index (χ2v) is 9.95. The molecule has 0 aromatic heterocycles. The number of halogens is 1. The minimum atomic E-state index is -1.58. The normalized spacial score (nSPS) is 51.4. The van der Waals surface area contributed by atoms with Gasteiger partial charge in [-0.1, -0.05) is 13.8 Å². The van der Waals surface area contributed by atoms with Crippen molar-refractivity contribution < 1.29 is 28.9 Å². The molecule has 3 saturated carbocycles. The number of ketones is 2. The molecule has 1 heterocycles. The molecule has 0 unspecified atom stereocenters. The number of allylic oxidation sites excluding steroid dienone is 2. The van der Waals surface area contributed by atoms with E-state index in [1.165, 1.54) is 6.08 Å². The third-order valence-electron chi connectivity index (χ3n) is 9.10. The molecule has 0 saturated heterocycles. The molecule has 0 amide bonds. The molecular formula is C22H27FO5. The number of rotatable bonds is 2. The van der Waals surface area contributed by atoms with Gasteiger partial charge < -0.3 is 14.9 Å². The van der Waals surface area contributed by atoms with Crippen molar-refractivity contribution in [2.45, 2.75) is 58.2 Å². The van der Waals surface area contributed by atoms with Crippen molar-refractivity contribution in [3.8, 4) is 0 Å². The maximum absolute atomic E-state index is 15.3. The van der Waals surface area contributed by atoms with Crippen molar-refractivity contribution in [2.75, 3.05) is 6.61 Å². The maximum atomic E-state index is 15.3. The summed E-state index contributed by atoms with van der Waals surface area (Å²) in [5, 5.41) is 20.9. The standard InChI is InChI=1S/C22H27FO5/c1-10-6-13-11-7-15(23)14-8-16(25)18-19(28-18)21(14,3)12(11)4-5-20(13,2)22(10,27)17(26)9-24/h8,10-13,15,24,27H,4-7,9H2,1-3H3/t10-,11+,12-,13-,15-,20-,21+,22-/m0/s1. The SMILES string of the molecule is C[C@H]1C[C@H]2[C@@H]3C[C@H](F)C4=CC(=O)C5=C(O5)[C@]4(C)[C@H]3CC[C@]2(C)[C@@]1(O)C(=O)CO. The lowest BCUT2D eigenvalue weighted by Gasteiger charge is -2.57. The fourth-order valence-electron chi connectivity index (χ4n) is 7.62. The monoisotopic (exact) mass is 390 g/mol. The molecule has 2 N–H and O–H groups in total. The second-order valence-electron chi connectivity index (χ2n) is 9.95. The summed E-state index contributed by atoms with van der Waals surface area (Å²) in [6.45, 7) is 5.11. The van der Waals surface area contributed by atoms with Crippen LogP contribution in [-0.4, -0.2) is 40.2 Å². The van der Waals surface area contributed by atoms with Gasteiger partial charge in [0.2, 0.25) is 11.5 Å². The van der Waals surface area contributed by atoms with E-state index in [9.17, 15) is 19.8 Å². The van der Waals surface area contributed by atoms with E-state index in [4.69, 9.17) is 4.74 Å². The van der Waals surface area contributed by atoms with Gasteiger partial charge in [0, 0.05) is 5.41 Å². The first kappa shape index (κ1) is 18.5. The lowest BCUT2D eigenvalue weighted by molar-refractivity contribution is -0.170. The van der Waals surface area contributed by atoms with Crippen LogP contribution in [0.25, 0.3) is 0 Å². The van der Waals surface area contributed by atoms with Crippen LogP contribution in [0.5, 0.6) is 0 Å².